The first-order valence-electron chi connectivity index (χ1n) is 17.8. The molecule has 0 amide bonds. The van der Waals surface area contributed by atoms with Crippen molar-refractivity contribution in [3.63, 3.8) is 0 Å². The summed E-state index contributed by atoms with van der Waals surface area (Å²) in [5.74, 6) is 24.9. The third-order valence-electron chi connectivity index (χ3n) is 9.82. The van der Waals surface area contributed by atoms with E-state index < -0.39 is 22.4 Å². The highest BCUT2D eigenvalue weighted by atomic mass is 16.3. The lowest BCUT2D eigenvalue weighted by molar-refractivity contribution is 0.143. The van der Waals surface area contributed by atoms with Crippen molar-refractivity contribution in [2.24, 2.45) is 0 Å². The van der Waals surface area contributed by atoms with E-state index in [-0.39, 0.29) is 23.7 Å². The minimum atomic E-state index is -1.21. The molecule has 4 aromatic rings. The smallest absolute Gasteiger partial charge is 0.120 e. The molecule has 0 fully saturated rings. The number of hydrogen-bond donors (Lipinski definition) is 4. The van der Waals surface area contributed by atoms with Crippen LogP contribution in [0.5, 0.6) is 0 Å². The van der Waals surface area contributed by atoms with Crippen LogP contribution < -0.4 is 0 Å². The highest BCUT2D eigenvalue weighted by Crippen LogP contribution is 2.65. The van der Waals surface area contributed by atoms with Crippen LogP contribution in [0.3, 0.4) is 0 Å². The molecule has 0 radical (unpaired) electrons. The fourth-order valence-corrected chi connectivity index (χ4v) is 8.13. The second-order valence-electron chi connectivity index (χ2n) is 16.4. The molecule has 0 saturated heterocycles. The van der Waals surface area contributed by atoms with Crippen LogP contribution in [-0.4, -0.2) is 42.8 Å². The highest BCUT2D eigenvalue weighted by Gasteiger charge is 2.52. The van der Waals surface area contributed by atoms with E-state index in [1.54, 1.807) is 55.4 Å². The fraction of sp³-hybridized carbons (Fsp3) is 0.333. The van der Waals surface area contributed by atoms with E-state index in [1.165, 1.54) is 22.3 Å². The zero-order chi connectivity index (χ0) is 37.4. The summed E-state index contributed by atoms with van der Waals surface area (Å²) < 4.78 is 0. The Bertz CT molecular complexity index is 2050. The van der Waals surface area contributed by atoms with Crippen molar-refractivity contribution in [3.05, 3.63) is 140 Å². The monoisotopic (exact) mass is 684 g/mol. The average molecular weight is 685 g/mol. The van der Waals surface area contributed by atoms with Gasteiger partial charge in [0.1, 0.15) is 22.4 Å². The zero-order valence-electron chi connectivity index (χ0n) is 31.0. The van der Waals surface area contributed by atoms with Gasteiger partial charge in [-0.05, 0) is 124 Å². The molecule has 260 valence electrons. The summed E-state index contributed by atoms with van der Waals surface area (Å²) in [7, 11) is 0. The first kappa shape index (κ1) is 35.4. The van der Waals surface area contributed by atoms with Crippen molar-refractivity contribution in [2.75, 3.05) is 0 Å². The van der Waals surface area contributed by atoms with Crippen molar-refractivity contribution >= 4 is 0 Å². The largest absolute Gasteiger partial charge is 0.378 e. The molecule has 0 aromatic heterocycles. The van der Waals surface area contributed by atoms with E-state index >= 15 is 0 Å². The Morgan fingerprint density at radius 3 is 0.750 bits per heavy atom. The summed E-state index contributed by atoms with van der Waals surface area (Å²) in [5, 5.41) is 43.1. The third kappa shape index (κ3) is 6.57. The Balaban J connectivity index is 1.69. The molecule has 0 heterocycles. The van der Waals surface area contributed by atoms with Crippen molar-refractivity contribution in [2.45, 2.75) is 101 Å². The van der Waals surface area contributed by atoms with Crippen molar-refractivity contribution in [1.29, 1.82) is 0 Å². The quantitative estimate of drug-likeness (QED) is 0.150. The van der Waals surface area contributed by atoms with Crippen LogP contribution in [0.25, 0.3) is 0 Å². The van der Waals surface area contributed by atoms with Gasteiger partial charge in [-0.1, -0.05) is 95.9 Å². The van der Waals surface area contributed by atoms with Crippen molar-refractivity contribution in [1.82, 2.24) is 0 Å². The first-order valence-corrected chi connectivity index (χ1v) is 17.8. The first-order chi connectivity index (χ1) is 24.3. The lowest BCUT2D eigenvalue weighted by Crippen LogP contribution is -2.37. The second kappa shape index (κ2) is 12.3. The molecular formula is C48H44O4. The van der Waals surface area contributed by atoms with E-state index in [0.29, 0.717) is 0 Å². The molecule has 0 aliphatic heterocycles. The minimum Gasteiger partial charge on any atom is -0.378 e. The van der Waals surface area contributed by atoms with E-state index in [9.17, 15) is 20.4 Å². The number of hydrogen-bond acceptors (Lipinski definition) is 4. The number of aliphatic hydroxyl groups is 4. The molecule has 6 aliphatic rings. The van der Waals surface area contributed by atoms with Gasteiger partial charge in [0.05, 0.1) is 0 Å². The molecule has 4 heteroatoms. The van der Waals surface area contributed by atoms with Gasteiger partial charge in [0.15, 0.2) is 0 Å². The fourth-order valence-electron chi connectivity index (χ4n) is 8.13. The van der Waals surface area contributed by atoms with Gasteiger partial charge < -0.3 is 20.4 Å². The van der Waals surface area contributed by atoms with E-state index in [2.05, 4.69) is 95.9 Å². The summed E-state index contributed by atoms with van der Waals surface area (Å²) >= 11 is 0. The van der Waals surface area contributed by atoms with Crippen molar-refractivity contribution < 1.29 is 20.4 Å². The van der Waals surface area contributed by atoms with Crippen LogP contribution in [-0.2, 0) is 0 Å². The van der Waals surface area contributed by atoms with Crippen LogP contribution >= 0.6 is 0 Å². The molecule has 10 rings (SSSR count). The maximum Gasteiger partial charge on any atom is 0.120 e. The summed E-state index contributed by atoms with van der Waals surface area (Å²) in [6.07, 6.45) is 0. The van der Waals surface area contributed by atoms with Crippen LogP contribution in [0.15, 0.2) is 72.8 Å². The molecule has 4 bridgehead atoms. The predicted molar refractivity (Wildman–Crippen MR) is 206 cm³/mol. The molecule has 4 aromatic carbocycles. The Kier molecular flexibility index (Phi) is 8.36. The van der Waals surface area contributed by atoms with Gasteiger partial charge >= 0.3 is 0 Å². The van der Waals surface area contributed by atoms with Gasteiger partial charge in [-0.2, -0.15) is 0 Å². The van der Waals surface area contributed by atoms with E-state index in [4.69, 9.17) is 0 Å². The lowest BCUT2D eigenvalue weighted by atomic mass is 9.51. The molecule has 0 saturated carbocycles. The van der Waals surface area contributed by atoms with Crippen LogP contribution in [0, 0.1) is 47.4 Å². The Hall–Kier alpha value is -5.04. The SMILES string of the molecule is CC(C)(O)C#Cc1cccc2c1C1c3c(C#CC(C)(C)O)cccc3C2C2c3cccc(C#CC(C)(C)O)c3C1c1c(C#CC(C)(C)O)cccc12. The number of benzene rings is 4. The second-order valence-corrected chi connectivity index (χ2v) is 16.4. The Morgan fingerprint density at radius 2 is 0.558 bits per heavy atom. The molecule has 4 nitrogen and oxygen atoms in total. The van der Waals surface area contributed by atoms with Gasteiger partial charge in [0.25, 0.3) is 0 Å². The van der Waals surface area contributed by atoms with Crippen LogP contribution in [0.1, 0.15) is 146 Å². The van der Waals surface area contributed by atoms with Crippen LogP contribution in [0.2, 0.25) is 0 Å². The predicted octanol–water partition coefficient (Wildman–Crippen LogP) is 7.04. The van der Waals surface area contributed by atoms with Crippen LogP contribution in [0.4, 0.5) is 0 Å². The summed E-state index contributed by atoms with van der Waals surface area (Å²) in [6.45, 7) is 13.5. The van der Waals surface area contributed by atoms with Gasteiger partial charge in [0, 0.05) is 45.9 Å². The Morgan fingerprint density at radius 1 is 0.346 bits per heavy atom. The average Bonchev–Trinajstić information content (AvgIpc) is 3.03. The maximum atomic E-state index is 10.8. The molecule has 0 atom stereocenters. The molecule has 4 N–H and O–H groups in total. The molecule has 6 aliphatic carbocycles. The molecule has 0 spiro atoms. The number of rotatable bonds is 0. The third-order valence-corrected chi connectivity index (χ3v) is 9.82. The summed E-state index contributed by atoms with van der Waals surface area (Å²) in [4.78, 5) is 0. The van der Waals surface area contributed by atoms with Gasteiger partial charge in [-0.25, -0.2) is 0 Å². The molecular weight excluding hydrogens is 641 g/mol. The summed E-state index contributed by atoms with van der Waals surface area (Å²) in [5.41, 5.74) is 7.56. The topological polar surface area (TPSA) is 80.9 Å². The lowest BCUT2D eigenvalue weighted by Gasteiger charge is -2.51. The molecule has 0 unspecified atom stereocenters. The minimum absolute atomic E-state index is 0.150. The van der Waals surface area contributed by atoms with E-state index in [1.807, 2.05) is 24.3 Å². The van der Waals surface area contributed by atoms with Crippen molar-refractivity contribution in [3.8, 4) is 47.4 Å². The summed E-state index contributed by atoms with van der Waals surface area (Å²) in [6, 6.07) is 25.3. The molecule has 52 heavy (non-hydrogen) atoms. The van der Waals surface area contributed by atoms with E-state index in [0.717, 1.165) is 44.5 Å². The Labute approximate surface area is 308 Å². The maximum absolute atomic E-state index is 10.8. The zero-order valence-corrected chi connectivity index (χ0v) is 31.0. The van der Waals surface area contributed by atoms with Gasteiger partial charge in [-0.3, -0.25) is 0 Å². The highest BCUT2D eigenvalue weighted by molar-refractivity contribution is 5.75. The standard InChI is InChI=1S/C48H44O4/c1-45(2,49)25-21-29-13-9-17-33-37(29)43-38-30(22-26-46(3,4)50)14-10-18-34(38)41(33)42-35-19-11-15-31(23-27-47(5,6)51)39(35)44(43)40-32(16-12-20-36(40)42)24-28-48(7,8)52/h9-20,41-44,49-52H,1-8H3. The normalized spacial score (nSPS) is 19.3. The van der Waals surface area contributed by atoms with Gasteiger partial charge in [0.2, 0.25) is 0 Å². The van der Waals surface area contributed by atoms with Gasteiger partial charge in [-0.15, -0.1) is 0 Å².